The van der Waals surface area contributed by atoms with Gasteiger partial charge in [0.1, 0.15) is 0 Å². The van der Waals surface area contributed by atoms with E-state index in [4.69, 9.17) is 9.47 Å². The maximum Gasteiger partial charge on any atom is 0.324 e. The van der Waals surface area contributed by atoms with Crippen molar-refractivity contribution in [2.45, 2.75) is 12.8 Å². The van der Waals surface area contributed by atoms with Gasteiger partial charge < -0.3 is 19.3 Å². The quantitative estimate of drug-likeness (QED) is 0.784. The lowest BCUT2D eigenvalue weighted by atomic mass is 9.97. The van der Waals surface area contributed by atoms with Crippen LogP contribution >= 0.6 is 0 Å². The Labute approximate surface area is 124 Å². The maximum atomic E-state index is 12.1. The Balaban J connectivity index is 2.19. The fourth-order valence-corrected chi connectivity index (χ4v) is 2.38. The van der Waals surface area contributed by atoms with Crippen molar-refractivity contribution in [3.63, 3.8) is 0 Å². The highest BCUT2D eigenvalue weighted by molar-refractivity contribution is 5.79. The van der Waals surface area contributed by atoms with E-state index in [1.165, 1.54) is 14.2 Å². The third-order valence-electron chi connectivity index (χ3n) is 3.44. The minimum atomic E-state index is -0.0393. The molecule has 8 nitrogen and oxygen atoms in total. The number of aromatic nitrogens is 3. The van der Waals surface area contributed by atoms with Crippen molar-refractivity contribution >= 4 is 11.9 Å². The lowest BCUT2D eigenvalue weighted by Crippen LogP contribution is -2.43. The van der Waals surface area contributed by atoms with E-state index < -0.39 is 0 Å². The summed E-state index contributed by atoms with van der Waals surface area (Å²) in [6.45, 7) is 1.39. The molecule has 21 heavy (non-hydrogen) atoms. The van der Waals surface area contributed by atoms with Crippen LogP contribution in [0.3, 0.4) is 0 Å². The summed E-state index contributed by atoms with van der Waals surface area (Å²) >= 11 is 0. The highest BCUT2D eigenvalue weighted by atomic mass is 16.5. The molecule has 116 valence electrons. The largest absolute Gasteiger partial charge is 0.467 e. The molecule has 1 unspecified atom stereocenters. The predicted octanol–water partition coefficient (Wildman–Crippen LogP) is 0.193. The first-order chi connectivity index (χ1) is 10.0. The van der Waals surface area contributed by atoms with Gasteiger partial charge in [0.15, 0.2) is 0 Å². The van der Waals surface area contributed by atoms with E-state index in [2.05, 4.69) is 15.0 Å². The number of amides is 1. The maximum absolute atomic E-state index is 12.1. The number of ether oxygens (including phenoxy) is 2. The predicted molar refractivity (Wildman–Crippen MR) is 76.6 cm³/mol. The van der Waals surface area contributed by atoms with Gasteiger partial charge in [0, 0.05) is 27.2 Å². The van der Waals surface area contributed by atoms with Gasteiger partial charge in [0.05, 0.1) is 20.1 Å². The molecule has 0 N–H and O–H groups in total. The van der Waals surface area contributed by atoms with Gasteiger partial charge >= 0.3 is 12.0 Å². The van der Waals surface area contributed by atoms with Gasteiger partial charge in [-0.2, -0.15) is 9.97 Å². The number of carbonyl (C=O) groups is 1. The second-order valence-electron chi connectivity index (χ2n) is 5.13. The van der Waals surface area contributed by atoms with Crippen LogP contribution in [0.2, 0.25) is 0 Å². The number of piperidine rings is 1. The summed E-state index contributed by atoms with van der Waals surface area (Å²) in [6, 6.07) is 0.413. The van der Waals surface area contributed by atoms with Crippen LogP contribution in [-0.2, 0) is 4.79 Å². The molecule has 0 aliphatic carbocycles. The normalized spacial score (nSPS) is 18.3. The van der Waals surface area contributed by atoms with Crippen molar-refractivity contribution in [3.8, 4) is 12.0 Å². The topological polar surface area (TPSA) is 80.7 Å². The van der Waals surface area contributed by atoms with Crippen LogP contribution in [0.4, 0.5) is 5.95 Å². The first-order valence-electron chi connectivity index (χ1n) is 6.85. The SMILES string of the molecule is COc1nc(OC)nc(N2CCCC(C(=O)N(C)C)C2)n1. The Morgan fingerprint density at radius 3 is 2.33 bits per heavy atom. The highest BCUT2D eigenvalue weighted by Gasteiger charge is 2.28. The second-order valence-corrected chi connectivity index (χ2v) is 5.13. The Morgan fingerprint density at radius 1 is 1.19 bits per heavy atom. The zero-order chi connectivity index (χ0) is 15.4. The van der Waals surface area contributed by atoms with E-state index in [1.807, 2.05) is 4.90 Å². The van der Waals surface area contributed by atoms with Crippen molar-refractivity contribution in [1.29, 1.82) is 0 Å². The summed E-state index contributed by atoms with van der Waals surface area (Å²) in [5, 5.41) is 0. The third-order valence-corrected chi connectivity index (χ3v) is 3.44. The summed E-state index contributed by atoms with van der Waals surface area (Å²) < 4.78 is 10.1. The minimum absolute atomic E-state index is 0.0393. The molecule has 0 saturated carbocycles. The molecule has 1 saturated heterocycles. The lowest BCUT2D eigenvalue weighted by molar-refractivity contribution is -0.133. The number of anilines is 1. The van der Waals surface area contributed by atoms with E-state index in [0.717, 1.165) is 19.4 Å². The van der Waals surface area contributed by atoms with Gasteiger partial charge in [-0.15, -0.1) is 4.98 Å². The molecule has 1 fully saturated rings. The van der Waals surface area contributed by atoms with Crippen molar-refractivity contribution < 1.29 is 14.3 Å². The summed E-state index contributed by atoms with van der Waals surface area (Å²) in [7, 11) is 6.53. The summed E-state index contributed by atoms with van der Waals surface area (Å²) in [5.74, 6) is 0.574. The van der Waals surface area contributed by atoms with Crippen LogP contribution in [0.15, 0.2) is 0 Å². The molecular formula is C13H21N5O3. The molecule has 1 aliphatic heterocycles. The van der Waals surface area contributed by atoms with Crippen LogP contribution in [0.5, 0.6) is 12.0 Å². The van der Waals surface area contributed by atoms with Crippen LogP contribution in [0.25, 0.3) is 0 Å². The molecular weight excluding hydrogens is 274 g/mol. The van der Waals surface area contributed by atoms with E-state index >= 15 is 0 Å². The van der Waals surface area contributed by atoms with Crippen LogP contribution in [0.1, 0.15) is 12.8 Å². The third kappa shape index (κ3) is 3.50. The molecule has 1 atom stereocenters. The highest BCUT2D eigenvalue weighted by Crippen LogP contribution is 2.23. The second kappa shape index (κ2) is 6.55. The van der Waals surface area contributed by atoms with Crippen LogP contribution < -0.4 is 14.4 Å². The average Bonchev–Trinajstić information content (AvgIpc) is 2.53. The Morgan fingerprint density at radius 2 is 1.81 bits per heavy atom. The molecule has 1 aromatic rings. The molecule has 0 bridgehead atoms. The standard InChI is InChI=1S/C13H21N5O3/c1-17(2)10(19)9-6-5-7-18(8-9)11-14-12(20-3)16-13(15-11)21-4/h9H,5-8H2,1-4H3. The van der Waals surface area contributed by atoms with Crippen molar-refractivity contribution in [3.05, 3.63) is 0 Å². The number of hydrogen-bond donors (Lipinski definition) is 0. The molecule has 0 radical (unpaired) electrons. The fraction of sp³-hybridized carbons (Fsp3) is 0.692. The van der Waals surface area contributed by atoms with Gasteiger partial charge in [-0.25, -0.2) is 0 Å². The van der Waals surface area contributed by atoms with E-state index in [-0.39, 0.29) is 23.8 Å². The molecule has 1 aliphatic rings. The molecule has 1 aromatic heterocycles. The fourth-order valence-electron chi connectivity index (χ4n) is 2.38. The number of rotatable bonds is 4. The van der Waals surface area contributed by atoms with E-state index in [9.17, 15) is 4.79 Å². The summed E-state index contributed by atoms with van der Waals surface area (Å²) in [4.78, 5) is 28.2. The first kappa shape index (κ1) is 15.3. The van der Waals surface area contributed by atoms with Gasteiger partial charge in [-0.05, 0) is 12.8 Å². The van der Waals surface area contributed by atoms with Crippen LogP contribution in [0, 0.1) is 5.92 Å². The monoisotopic (exact) mass is 295 g/mol. The lowest BCUT2D eigenvalue weighted by Gasteiger charge is -2.33. The van der Waals surface area contributed by atoms with E-state index in [1.54, 1.807) is 19.0 Å². The number of nitrogens with zero attached hydrogens (tertiary/aromatic N) is 5. The van der Waals surface area contributed by atoms with Gasteiger partial charge in [0.25, 0.3) is 0 Å². The van der Waals surface area contributed by atoms with Gasteiger partial charge in [-0.3, -0.25) is 4.79 Å². The van der Waals surface area contributed by atoms with E-state index in [0.29, 0.717) is 12.5 Å². The number of carbonyl (C=O) groups excluding carboxylic acids is 1. The van der Waals surface area contributed by atoms with Crippen LogP contribution in [-0.4, -0.2) is 67.2 Å². The molecule has 2 heterocycles. The minimum Gasteiger partial charge on any atom is -0.467 e. The van der Waals surface area contributed by atoms with Crippen molar-refractivity contribution in [1.82, 2.24) is 19.9 Å². The summed E-state index contributed by atoms with van der Waals surface area (Å²) in [6.07, 6.45) is 1.80. The molecule has 1 amide bonds. The Bertz CT molecular complexity index is 486. The number of methoxy groups -OCH3 is 2. The zero-order valence-corrected chi connectivity index (χ0v) is 12.9. The zero-order valence-electron chi connectivity index (χ0n) is 12.9. The molecule has 8 heteroatoms. The molecule has 0 spiro atoms. The Hall–Kier alpha value is -2.12. The summed E-state index contributed by atoms with van der Waals surface area (Å²) in [5.41, 5.74) is 0. The van der Waals surface area contributed by atoms with Crippen molar-refractivity contribution in [2.75, 3.05) is 46.3 Å². The van der Waals surface area contributed by atoms with Crippen molar-refractivity contribution in [2.24, 2.45) is 5.92 Å². The molecule has 0 aromatic carbocycles. The van der Waals surface area contributed by atoms with Gasteiger partial charge in [0.2, 0.25) is 11.9 Å². The molecule has 2 rings (SSSR count). The smallest absolute Gasteiger partial charge is 0.324 e. The average molecular weight is 295 g/mol. The number of hydrogen-bond acceptors (Lipinski definition) is 7. The first-order valence-corrected chi connectivity index (χ1v) is 6.85. The van der Waals surface area contributed by atoms with Gasteiger partial charge in [-0.1, -0.05) is 0 Å². The Kier molecular flexibility index (Phi) is 4.77.